The molecule has 1 aliphatic rings. The van der Waals surface area contributed by atoms with Gasteiger partial charge < -0.3 is 0 Å². The Bertz CT molecular complexity index is 215. The summed E-state index contributed by atoms with van der Waals surface area (Å²) >= 11 is 8.41. The van der Waals surface area contributed by atoms with Crippen LogP contribution in [0.25, 0.3) is 0 Å². The summed E-state index contributed by atoms with van der Waals surface area (Å²) in [5.41, 5.74) is 0. The van der Waals surface area contributed by atoms with E-state index in [-0.39, 0.29) is 0 Å². The second kappa shape index (κ2) is 2.38. The maximum Gasteiger partial charge on any atom is 0.413 e. The van der Waals surface area contributed by atoms with E-state index in [0.29, 0.717) is 0 Å². The maximum atomic E-state index is 12.6. The van der Waals surface area contributed by atoms with E-state index in [1.54, 1.807) is 0 Å². The van der Waals surface area contributed by atoms with E-state index < -0.39 is 22.5 Å². The van der Waals surface area contributed by atoms with Crippen LogP contribution in [-0.2, 0) is 4.74 Å². The lowest BCUT2D eigenvalue weighted by Crippen LogP contribution is -2.49. The van der Waals surface area contributed by atoms with Crippen LogP contribution in [0.3, 0.4) is 0 Å². The zero-order chi connectivity index (χ0) is 10.7. The van der Waals surface area contributed by atoms with E-state index in [4.69, 9.17) is 0 Å². The van der Waals surface area contributed by atoms with Crippen molar-refractivity contribution in [1.82, 2.24) is 0 Å². The highest BCUT2D eigenvalue weighted by Gasteiger charge is 2.87. The summed E-state index contributed by atoms with van der Waals surface area (Å²) in [6.45, 7) is 0. The smallest absolute Gasteiger partial charge is 0.248 e. The molecule has 0 amide bonds. The first-order valence-corrected chi connectivity index (χ1v) is 3.43. The summed E-state index contributed by atoms with van der Waals surface area (Å²) in [5.74, 6) is 0. The van der Waals surface area contributed by atoms with Crippen LogP contribution >= 0.6 is 23.2 Å². The fraction of sp³-hybridized carbons (Fsp3) is 1.00. The minimum Gasteiger partial charge on any atom is -0.248 e. The van der Waals surface area contributed by atoms with E-state index >= 15 is 0 Å². The van der Waals surface area contributed by atoms with E-state index in [9.17, 15) is 26.3 Å². The molecule has 13 heavy (non-hydrogen) atoms. The van der Waals surface area contributed by atoms with Crippen molar-refractivity contribution in [3.8, 4) is 0 Å². The van der Waals surface area contributed by atoms with Crippen molar-refractivity contribution in [2.24, 2.45) is 0 Å². The van der Waals surface area contributed by atoms with Crippen LogP contribution < -0.4 is 0 Å². The first-order valence-electron chi connectivity index (χ1n) is 2.67. The van der Waals surface area contributed by atoms with Gasteiger partial charge in [-0.05, 0) is 0 Å². The van der Waals surface area contributed by atoms with E-state index in [0.717, 1.165) is 0 Å². The van der Waals surface area contributed by atoms with Gasteiger partial charge in [0.2, 0.25) is 0 Å². The van der Waals surface area contributed by atoms with Crippen molar-refractivity contribution >= 4 is 23.2 Å². The maximum absolute atomic E-state index is 12.6. The topological polar surface area (TPSA) is 9.23 Å². The lowest BCUT2D eigenvalue weighted by atomic mass is 10.2. The molecule has 2 atom stereocenters. The van der Waals surface area contributed by atoms with Gasteiger partial charge in [0, 0.05) is 0 Å². The summed E-state index contributed by atoms with van der Waals surface area (Å²) in [6.07, 6.45) is -10.4. The van der Waals surface area contributed by atoms with Crippen LogP contribution in [0.15, 0.2) is 0 Å². The Morgan fingerprint density at radius 2 is 0.923 bits per heavy atom. The van der Waals surface area contributed by atoms with Crippen LogP contribution in [0.2, 0.25) is 0 Å². The number of ether oxygens (including phenoxy) is 1. The van der Waals surface area contributed by atoms with Gasteiger partial charge in [-0.25, -0.2) is 13.5 Å². The largest absolute Gasteiger partial charge is 0.413 e. The first-order chi connectivity index (χ1) is 5.46. The van der Waals surface area contributed by atoms with Gasteiger partial charge in [0.25, 0.3) is 0 Å². The van der Waals surface area contributed by atoms with Crippen molar-refractivity contribution in [1.29, 1.82) is 0 Å². The molecule has 0 aromatic rings. The molecule has 0 bridgehead atoms. The molecule has 0 aromatic heterocycles. The third kappa shape index (κ3) is 1.13. The summed E-state index contributed by atoms with van der Waals surface area (Å²) < 4.78 is 76.3. The van der Waals surface area contributed by atoms with Crippen LogP contribution in [0.5, 0.6) is 0 Å². The molecular weight excluding hydrogens is 249 g/mol. The van der Waals surface area contributed by atoms with Gasteiger partial charge in [0.05, 0.1) is 0 Å². The average molecular weight is 249 g/mol. The fourth-order valence-electron chi connectivity index (χ4n) is 0.655. The monoisotopic (exact) mass is 248 g/mol. The molecule has 0 N–H and O–H groups in total. The Labute approximate surface area is 77.5 Å². The zero-order valence-electron chi connectivity index (χ0n) is 5.43. The molecule has 1 heterocycles. The van der Waals surface area contributed by atoms with E-state index in [2.05, 4.69) is 27.9 Å². The second-order valence-electron chi connectivity index (χ2n) is 2.28. The normalized spacial score (nSPS) is 48.0. The summed E-state index contributed by atoms with van der Waals surface area (Å²) in [5, 5.41) is -9.63. The Balaban J connectivity index is 3.24. The molecular formula is C4Cl2F6O. The van der Waals surface area contributed by atoms with Crippen molar-refractivity contribution in [2.45, 2.75) is 22.5 Å². The van der Waals surface area contributed by atoms with Gasteiger partial charge in [-0.15, -0.1) is 0 Å². The first kappa shape index (κ1) is 11.2. The van der Waals surface area contributed by atoms with Crippen molar-refractivity contribution in [3.05, 3.63) is 0 Å². The zero-order valence-corrected chi connectivity index (χ0v) is 6.94. The molecule has 0 saturated carbocycles. The van der Waals surface area contributed by atoms with Crippen molar-refractivity contribution in [3.63, 3.8) is 0 Å². The minimum atomic E-state index is -5.20. The Hall–Kier alpha value is 0.120. The number of alkyl halides is 8. The predicted octanol–water partition coefficient (Wildman–Crippen LogP) is 3.01. The standard InChI is InChI=1S/C4Cl2F6O/c5-1(7)2(6,8)4(11,12)13-3(1,9)10. The molecule has 1 fully saturated rings. The molecule has 1 rings (SSSR count). The SMILES string of the molecule is FC1(F)OC(F)(F)C(F)(Cl)C1(F)Cl. The Morgan fingerprint density at radius 1 is 0.692 bits per heavy atom. The summed E-state index contributed by atoms with van der Waals surface area (Å²) in [4.78, 5) is 0. The van der Waals surface area contributed by atoms with Gasteiger partial charge >= 0.3 is 22.5 Å². The molecule has 0 spiro atoms. The molecule has 78 valence electrons. The fourth-order valence-corrected chi connectivity index (χ4v) is 0.952. The molecule has 0 aromatic carbocycles. The van der Waals surface area contributed by atoms with Gasteiger partial charge in [-0.1, -0.05) is 23.2 Å². The quantitative estimate of drug-likeness (QED) is 0.473. The van der Waals surface area contributed by atoms with Gasteiger partial charge in [-0.3, -0.25) is 0 Å². The molecule has 9 heteroatoms. The molecule has 0 radical (unpaired) electrons. The highest BCUT2D eigenvalue weighted by Crippen LogP contribution is 2.63. The molecule has 2 unspecified atom stereocenters. The number of halogens is 8. The van der Waals surface area contributed by atoms with Crippen LogP contribution in [0, 0.1) is 0 Å². The van der Waals surface area contributed by atoms with Gasteiger partial charge in [0.1, 0.15) is 0 Å². The molecule has 1 aliphatic heterocycles. The van der Waals surface area contributed by atoms with Crippen LogP contribution in [0.4, 0.5) is 26.3 Å². The second-order valence-corrected chi connectivity index (χ2v) is 3.33. The molecule has 1 saturated heterocycles. The minimum absolute atomic E-state index is 2.49. The number of rotatable bonds is 0. The number of hydrogen-bond acceptors (Lipinski definition) is 1. The van der Waals surface area contributed by atoms with E-state index in [1.165, 1.54) is 0 Å². The molecule has 1 nitrogen and oxygen atoms in total. The summed E-state index contributed by atoms with van der Waals surface area (Å²) in [6, 6.07) is 0. The van der Waals surface area contributed by atoms with Gasteiger partial charge in [-0.2, -0.15) is 17.6 Å². The lowest BCUT2D eigenvalue weighted by Gasteiger charge is -2.23. The number of hydrogen-bond donors (Lipinski definition) is 0. The van der Waals surface area contributed by atoms with Crippen LogP contribution in [0.1, 0.15) is 0 Å². The van der Waals surface area contributed by atoms with Crippen molar-refractivity contribution in [2.75, 3.05) is 0 Å². The average Bonchev–Trinajstić information content (AvgIpc) is 1.88. The van der Waals surface area contributed by atoms with Gasteiger partial charge in [0.15, 0.2) is 0 Å². The molecule has 0 aliphatic carbocycles. The highest BCUT2D eigenvalue weighted by atomic mass is 35.5. The third-order valence-electron chi connectivity index (χ3n) is 1.38. The van der Waals surface area contributed by atoms with E-state index in [1.807, 2.05) is 0 Å². The third-order valence-corrected chi connectivity index (χ3v) is 2.44. The van der Waals surface area contributed by atoms with Crippen LogP contribution in [-0.4, -0.2) is 22.5 Å². The predicted molar refractivity (Wildman–Crippen MR) is 30.4 cm³/mol. The van der Waals surface area contributed by atoms with Crippen molar-refractivity contribution < 1.29 is 31.1 Å². The highest BCUT2D eigenvalue weighted by molar-refractivity contribution is 6.34. The Morgan fingerprint density at radius 3 is 1.00 bits per heavy atom. The summed E-state index contributed by atoms with van der Waals surface area (Å²) in [7, 11) is 0. The Kier molecular flexibility index (Phi) is 2.05. The lowest BCUT2D eigenvalue weighted by molar-refractivity contribution is -0.346.